The van der Waals surface area contributed by atoms with Gasteiger partial charge in [-0.1, -0.05) is 15.9 Å². The van der Waals surface area contributed by atoms with E-state index in [1.807, 2.05) is 0 Å². The first-order chi connectivity index (χ1) is 6.07. The van der Waals surface area contributed by atoms with Gasteiger partial charge in [0.25, 0.3) is 6.43 Å². The third kappa shape index (κ3) is 1.96. The van der Waals surface area contributed by atoms with E-state index in [0.717, 1.165) is 5.56 Å². The summed E-state index contributed by atoms with van der Waals surface area (Å²) in [4.78, 5) is 3.65. The van der Waals surface area contributed by atoms with E-state index in [1.54, 1.807) is 6.92 Å². The van der Waals surface area contributed by atoms with Crippen LogP contribution in [0.2, 0.25) is 0 Å². The molecule has 0 atom stereocenters. The zero-order valence-electron chi connectivity index (χ0n) is 7.02. The second kappa shape index (κ2) is 4.00. The standard InChI is InChI=1S/C8H9BrF2N2/c1-4-3-13-7(8(10)11)5(2-9)6(4)12/h3,8H,2H2,1H3,(H2,12,13). The maximum Gasteiger partial charge on any atom is 0.280 e. The van der Waals surface area contributed by atoms with E-state index in [4.69, 9.17) is 5.73 Å². The number of nitrogens with zero attached hydrogens (tertiary/aromatic N) is 1. The highest BCUT2D eigenvalue weighted by atomic mass is 79.9. The van der Waals surface area contributed by atoms with Crippen LogP contribution < -0.4 is 5.73 Å². The number of hydrogen-bond donors (Lipinski definition) is 1. The van der Waals surface area contributed by atoms with Crippen LogP contribution in [-0.2, 0) is 5.33 Å². The van der Waals surface area contributed by atoms with Crippen molar-refractivity contribution in [3.05, 3.63) is 23.0 Å². The summed E-state index contributed by atoms with van der Waals surface area (Å²) in [6, 6.07) is 0. The molecule has 0 fully saturated rings. The molecular formula is C8H9BrF2N2. The summed E-state index contributed by atoms with van der Waals surface area (Å²) in [7, 11) is 0. The van der Waals surface area contributed by atoms with E-state index in [2.05, 4.69) is 20.9 Å². The van der Waals surface area contributed by atoms with Gasteiger partial charge in [-0.15, -0.1) is 0 Å². The Kier molecular flexibility index (Phi) is 3.19. The molecule has 0 spiro atoms. The van der Waals surface area contributed by atoms with E-state index < -0.39 is 6.43 Å². The molecule has 0 aliphatic heterocycles. The molecule has 0 aliphatic carbocycles. The fraction of sp³-hybridized carbons (Fsp3) is 0.375. The van der Waals surface area contributed by atoms with Gasteiger partial charge in [-0.05, 0) is 12.5 Å². The molecule has 0 saturated heterocycles. The molecule has 1 aromatic heterocycles. The number of hydrogen-bond acceptors (Lipinski definition) is 2. The van der Waals surface area contributed by atoms with Crippen LogP contribution in [0.3, 0.4) is 0 Å². The lowest BCUT2D eigenvalue weighted by Crippen LogP contribution is -2.03. The minimum Gasteiger partial charge on any atom is -0.398 e. The fourth-order valence-corrected chi connectivity index (χ4v) is 1.61. The van der Waals surface area contributed by atoms with Gasteiger partial charge in [0.15, 0.2) is 0 Å². The number of anilines is 1. The van der Waals surface area contributed by atoms with Crippen LogP contribution in [0.1, 0.15) is 23.2 Å². The fourth-order valence-electron chi connectivity index (χ4n) is 1.02. The Hall–Kier alpha value is -0.710. The van der Waals surface area contributed by atoms with E-state index in [-0.39, 0.29) is 5.69 Å². The molecule has 0 bridgehead atoms. The normalized spacial score (nSPS) is 10.8. The van der Waals surface area contributed by atoms with Crippen molar-refractivity contribution in [2.45, 2.75) is 18.7 Å². The molecule has 2 nitrogen and oxygen atoms in total. The van der Waals surface area contributed by atoms with Gasteiger partial charge >= 0.3 is 0 Å². The Balaban J connectivity index is 3.30. The van der Waals surface area contributed by atoms with Gasteiger partial charge < -0.3 is 5.73 Å². The lowest BCUT2D eigenvalue weighted by molar-refractivity contribution is 0.145. The maximum absolute atomic E-state index is 12.4. The molecular weight excluding hydrogens is 242 g/mol. The van der Waals surface area contributed by atoms with Crippen LogP contribution in [0.25, 0.3) is 0 Å². The highest BCUT2D eigenvalue weighted by molar-refractivity contribution is 9.08. The SMILES string of the molecule is Cc1cnc(C(F)F)c(CBr)c1N. The van der Waals surface area contributed by atoms with Gasteiger partial charge in [-0.2, -0.15) is 0 Å². The van der Waals surface area contributed by atoms with Crippen molar-refractivity contribution < 1.29 is 8.78 Å². The number of rotatable bonds is 2. The molecule has 1 heterocycles. The van der Waals surface area contributed by atoms with Crippen molar-refractivity contribution in [1.29, 1.82) is 0 Å². The van der Waals surface area contributed by atoms with Crippen LogP contribution in [-0.4, -0.2) is 4.98 Å². The number of halogens is 3. The van der Waals surface area contributed by atoms with Gasteiger partial charge in [-0.3, -0.25) is 4.98 Å². The van der Waals surface area contributed by atoms with E-state index in [9.17, 15) is 8.78 Å². The zero-order valence-corrected chi connectivity index (χ0v) is 8.61. The molecule has 13 heavy (non-hydrogen) atoms. The topological polar surface area (TPSA) is 38.9 Å². The van der Waals surface area contributed by atoms with Crippen LogP contribution in [0.4, 0.5) is 14.5 Å². The van der Waals surface area contributed by atoms with Crippen LogP contribution >= 0.6 is 15.9 Å². The number of nitrogens with two attached hydrogens (primary N) is 1. The van der Waals surface area contributed by atoms with Crippen molar-refractivity contribution in [2.75, 3.05) is 5.73 Å². The molecule has 5 heteroatoms. The highest BCUT2D eigenvalue weighted by Crippen LogP contribution is 2.28. The quantitative estimate of drug-likeness (QED) is 0.821. The Morgan fingerprint density at radius 2 is 2.23 bits per heavy atom. The number of aryl methyl sites for hydroxylation is 1. The predicted molar refractivity (Wildman–Crippen MR) is 51.0 cm³/mol. The lowest BCUT2D eigenvalue weighted by Gasteiger charge is -2.10. The van der Waals surface area contributed by atoms with Crippen LogP contribution in [0, 0.1) is 6.92 Å². The molecule has 1 aromatic rings. The Bertz CT molecular complexity index is 315. The van der Waals surface area contributed by atoms with Crippen LogP contribution in [0.5, 0.6) is 0 Å². The summed E-state index contributed by atoms with van der Waals surface area (Å²) < 4.78 is 24.8. The Labute approximate surface area is 83.3 Å². The molecule has 0 aromatic carbocycles. The predicted octanol–water partition coefficient (Wildman–Crippen LogP) is 2.80. The molecule has 1 rings (SSSR count). The first-order valence-corrected chi connectivity index (χ1v) is 4.78. The van der Waals surface area contributed by atoms with Gasteiger partial charge in [0, 0.05) is 22.8 Å². The summed E-state index contributed by atoms with van der Waals surface area (Å²) in [5.41, 5.74) is 6.89. The molecule has 72 valence electrons. The third-order valence-corrected chi connectivity index (χ3v) is 2.36. The van der Waals surface area contributed by atoms with Crippen molar-refractivity contribution in [3.63, 3.8) is 0 Å². The summed E-state index contributed by atoms with van der Waals surface area (Å²) in [6.45, 7) is 1.74. The van der Waals surface area contributed by atoms with Crippen LogP contribution in [0.15, 0.2) is 6.20 Å². The summed E-state index contributed by atoms with van der Waals surface area (Å²) in [6.07, 6.45) is -1.21. The molecule has 0 radical (unpaired) electrons. The molecule has 0 saturated carbocycles. The van der Waals surface area contributed by atoms with Crippen molar-refractivity contribution in [1.82, 2.24) is 4.98 Å². The van der Waals surface area contributed by atoms with Crippen molar-refractivity contribution >= 4 is 21.6 Å². The average molecular weight is 251 g/mol. The first kappa shape index (κ1) is 10.4. The number of aromatic nitrogens is 1. The summed E-state index contributed by atoms with van der Waals surface area (Å²) >= 11 is 3.11. The second-order valence-corrected chi connectivity index (χ2v) is 3.21. The second-order valence-electron chi connectivity index (χ2n) is 2.65. The minimum absolute atomic E-state index is 0.236. The Morgan fingerprint density at radius 3 is 2.69 bits per heavy atom. The average Bonchev–Trinajstić information content (AvgIpc) is 2.09. The summed E-state index contributed by atoms with van der Waals surface area (Å²) in [5.74, 6) is 0. The van der Waals surface area contributed by atoms with E-state index in [1.165, 1.54) is 6.20 Å². The maximum atomic E-state index is 12.4. The smallest absolute Gasteiger partial charge is 0.280 e. The molecule has 0 unspecified atom stereocenters. The van der Waals surface area contributed by atoms with Crippen molar-refractivity contribution in [2.24, 2.45) is 0 Å². The molecule has 0 aliphatic rings. The number of pyridine rings is 1. The number of nitrogen functional groups attached to an aromatic ring is 1. The van der Waals surface area contributed by atoms with Gasteiger partial charge in [-0.25, -0.2) is 8.78 Å². The van der Waals surface area contributed by atoms with Gasteiger partial charge in [0.2, 0.25) is 0 Å². The van der Waals surface area contributed by atoms with Gasteiger partial charge in [0.05, 0.1) is 0 Å². The number of alkyl halides is 3. The lowest BCUT2D eigenvalue weighted by atomic mass is 10.1. The third-order valence-electron chi connectivity index (χ3n) is 1.80. The Morgan fingerprint density at radius 1 is 1.62 bits per heavy atom. The highest BCUT2D eigenvalue weighted by Gasteiger charge is 2.17. The largest absolute Gasteiger partial charge is 0.398 e. The molecule has 0 amide bonds. The zero-order chi connectivity index (χ0) is 10.0. The molecule has 2 N–H and O–H groups in total. The van der Waals surface area contributed by atoms with Gasteiger partial charge in [0.1, 0.15) is 5.69 Å². The minimum atomic E-state index is -2.57. The monoisotopic (exact) mass is 250 g/mol. The van der Waals surface area contributed by atoms with E-state index in [0.29, 0.717) is 16.6 Å². The first-order valence-electron chi connectivity index (χ1n) is 3.66. The van der Waals surface area contributed by atoms with Crippen molar-refractivity contribution in [3.8, 4) is 0 Å². The van der Waals surface area contributed by atoms with E-state index >= 15 is 0 Å². The summed E-state index contributed by atoms with van der Waals surface area (Å²) in [5, 5.41) is 0.299.